The predicted octanol–water partition coefficient (Wildman–Crippen LogP) is 1.58. The van der Waals surface area contributed by atoms with Gasteiger partial charge >= 0.3 is 6.09 Å². The van der Waals surface area contributed by atoms with Crippen molar-refractivity contribution in [3.05, 3.63) is 29.8 Å². The number of ether oxygens (including phenoxy) is 1. The van der Waals surface area contributed by atoms with Crippen molar-refractivity contribution in [2.24, 2.45) is 0 Å². The highest BCUT2D eigenvalue weighted by Gasteiger charge is 2.00. The van der Waals surface area contributed by atoms with Gasteiger partial charge in [-0.3, -0.25) is 5.32 Å². The van der Waals surface area contributed by atoms with Gasteiger partial charge in [-0.05, 0) is 24.7 Å². The molecule has 0 saturated heterocycles. The zero-order valence-electron chi connectivity index (χ0n) is 8.33. The molecule has 76 valence electrons. The SMILES string of the molecule is CNCc1cccc(NC(=O)OC)c1. The fourth-order valence-corrected chi connectivity index (χ4v) is 1.13. The Kier molecular flexibility index (Phi) is 3.94. The van der Waals surface area contributed by atoms with Crippen molar-refractivity contribution in [3.63, 3.8) is 0 Å². The molecule has 0 radical (unpaired) electrons. The summed E-state index contributed by atoms with van der Waals surface area (Å²) in [6.45, 7) is 0.774. The zero-order chi connectivity index (χ0) is 10.4. The van der Waals surface area contributed by atoms with Crippen molar-refractivity contribution < 1.29 is 9.53 Å². The fraction of sp³-hybridized carbons (Fsp3) is 0.300. The number of methoxy groups -OCH3 is 1. The van der Waals surface area contributed by atoms with Crippen molar-refractivity contribution >= 4 is 11.8 Å². The van der Waals surface area contributed by atoms with Crippen molar-refractivity contribution in [2.45, 2.75) is 6.54 Å². The molecule has 0 aliphatic rings. The van der Waals surface area contributed by atoms with E-state index in [1.54, 1.807) is 0 Å². The molecule has 0 spiro atoms. The molecule has 2 N–H and O–H groups in total. The molecule has 0 fully saturated rings. The van der Waals surface area contributed by atoms with Crippen LogP contribution in [0, 0.1) is 0 Å². The van der Waals surface area contributed by atoms with Crippen LogP contribution in [-0.2, 0) is 11.3 Å². The number of hydrogen-bond acceptors (Lipinski definition) is 3. The van der Waals surface area contributed by atoms with E-state index in [9.17, 15) is 4.79 Å². The number of carbonyl (C=O) groups is 1. The van der Waals surface area contributed by atoms with Gasteiger partial charge in [0.25, 0.3) is 0 Å². The van der Waals surface area contributed by atoms with E-state index in [0.29, 0.717) is 0 Å². The van der Waals surface area contributed by atoms with Gasteiger partial charge < -0.3 is 10.1 Å². The number of benzene rings is 1. The highest BCUT2D eigenvalue weighted by atomic mass is 16.5. The van der Waals surface area contributed by atoms with Crippen molar-refractivity contribution in [3.8, 4) is 0 Å². The van der Waals surface area contributed by atoms with Gasteiger partial charge in [-0.1, -0.05) is 12.1 Å². The minimum Gasteiger partial charge on any atom is -0.453 e. The van der Waals surface area contributed by atoms with E-state index >= 15 is 0 Å². The van der Waals surface area contributed by atoms with Crippen LogP contribution in [0.15, 0.2) is 24.3 Å². The summed E-state index contributed by atoms with van der Waals surface area (Å²) in [6.07, 6.45) is -0.452. The Hall–Kier alpha value is -1.55. The smallest absolute Gasteiger partial charge is 0.411 e. The highest BCUT2D eigenvalue weighted by molar-refractivity contribution is 5.84. The Bertz CT molecular complexity index is 313. The molecular weight excluding hydrogens is 180 g/mol. The standard InChI is InChI=1S/C10H14N2O2/c1-11-7-8-4-3-5-9(6-8)12-10(13)14-2/h3-6,11H,7H2,1-2H3,(H,12,13). The molecule has 14 heavy (non-hydrogen) atoms. The van der Waals surface area contributed by atoms with Gasteiger partial charge in [0.1, 0.15) is 0 Å². The first kappa shape index (κ1) is 10.5. The third-order valence-electron chi connectivity index (χ3n) is 1.74. The average Bonchev–Trinajstić information content (AvgIpc) is 2.19. The van der Waals surface area contributed by atoms with Gasteiger partial charge in [0.05, 0.1) is 7.11 Å². The lowest BCUT2D eigenvalue weighted by Gasteiger charge is -2.05. The Morgan fingerprint density at radius 2 is 2.29 bits per heavy atom. The van der Waals surface area contributed by atoms with E-state index < -0.39 is 6.09 Å². The first-order chi connectivity index (χ1) is 6.76. The number of nitrogens with one attached hydrogen (secondary N) is 2. The monoisotopic (exact) mass is 194 g/mol. The molecule has 0 aliphatic heterocycles. The summed E-state index contributed by atoms with van der Waals surface area (Å²) in [5, 5.41) is 5.64. The van der Waals surface area contributed by atoms with E-state index in [4.69, 9.17) is 0 Å². The summed E-state index contributed by atoms with van der Waals surface area (Å²) in [5.74, 6) is 0. The summed E-state index contributed by atoms with van der Waals surface area (Å²) in [7, 11) is 3.22. The Morgan fingerprint density at radius 3 is 2.93 bits per heavy atom. The maximum atomic E-state index is 10.9. The summed E-state index contributed by atoms with van der Waals surface area (Å²) < 4.78 is 4.49. The van der Waals surface area contributed by atoms with Gasteiger partial charge in [0.2, 0.25) is 0 Å². The van der Waals surface area contributed by atoms with Crippen LogP contribution >= 0.6 is 0 Å². The first-order valence-corrected chi connectivity index (χ1v) is 4.34. The lowest BCUT2D eigenvalue weighted by molar-refractivity contribution is 0.187. The maximum absolute atomic E-state index is 10.9. The fourth-order valence-electron chi connectivity index (χ4n) is 1.13. The zero-order valence-corrected chi connectivity index (χ0v) is 8.33. The number of rotatable bonds is 3. The second-order valence-electron chi connectivity index (χ2n) is 2.85. The summed E-state index contributed by atoms with van der Waals surface area (Å²) in [5.41, 5.74) is 1.85. The van der Waals surface area contributed by atoms with Gasteiger partial charge in [-0.15, -0.1) is 0 Å². The second-order valence-corrected chi connectivity index (χ2v) is 2.85. The average molecular weight is 194 g/mol. The lowest BCUT2D eigenvalue weighted by Crippen LogP contribution is -2.11. The first-order valence-electron chi connectivity index (χ1n) is 4.34. The van der Waals surface area contributed by atoms with Crippen LogP contribution in [-0.4, -0.2) is 20.3 Å². The Balaban J connectivity index is 2.68. The number of carbonyl (C=O) groups excluding carboxylic acids is 1. The number of anilines is 1. The van der Waals surface area contributed by atoms with Gasteiger partial charge in [-0.25, -0.2) is 4.79 Å². The van der Waals surface area contributed by atoms with Crippen LogP contribution in [0.2, 0.25) is 0 Å². The normalized spacial score (nSPS) is 9.57. The topological polar surface area (TPSA) is 50.4 Å². The van der Waals surface area contributed by atoms with E-state index in [1.165, 1.54) is 7.11 Å². The van der Waals surface area contributed by atoms with Gasteiger partial charge in [0, 0.05) is 12.2 Å². The Labute approximate surface area is 83.3 Å². The van der Waals surface area contributed by atoms with Gasteiger partial charge in [-0.2, -0.15) is 0 Å². The van der Waals surface area contributed by atoms with Crippen LogP contribution in [0.1, 0.15) is 5.56 Å². The quantitative estimate of drug-likeness (QED) is 0.768. The van der Waals surface area contributed by atoms with Crippen LogP contribution < -0.4 is 10.6 Å². The minimum absolute atomic E-state index is 0.452. The molecule has 0 aromatic heterocycles. The molecule has 4 nitrogen and oxygen atoms in total. The third-order valence-corrected chi connectivity index (χ3v) is 1.74. The molecule has 0 saturated carbocycles. The molecule has 1 aromatic rings. The second kappa shape index (κ2) is 5.24. The van der Waals surface area contributed by atoms with E-state index in [1.807, 2.05) is 31.3 Å². The van der Waals surface area contributed by atoms with Crippen LogP contribution in [0.5, 0.6) is 0 Å². The van der Waals surface area contributed by atoms with Crippen molar-refractivity contribution in [1.29, 1.82) is 0 Å². The molecule has 4 heteroatoms. The third kappa shape index (κ3) is 3.06. The summed E-state index contributed by atoms with van der Waals surface area (Å²) >= 11 is 0. The molecule has 0 unspecified atom stereocenters. The summed E-state index contributed by atoms with van der Waals surface area (Å²) in [4.78, 5) is 10.9. The Morgan fingerprint density at radius 1 is 1.50 bits per heavy atom. The van der Waals surface area contributed by atoms with Crippen molar-refractivity contribution in [1.82, 2.24) is 5.32 Å². The molecule has 0 bridgehead atoms. The predicted molar refractivity (Wildman–Crippen MR) is 55.2 cm³/mol. The maximum Gasteiger partial charge on any atom is 0.411 e. The van der Waals surface area contributed by atoms with E-state index in [2.05, 4.69) is 15.4 Å². The number of hydrogen-bond donors (Lipinski definition) is 2. The van der Waals surface area contributed by atoms with Crippen LogP contribution in [0.4, 0.5) is 10.5 Å². The lowest BCUT2D eigenvalue weighted by atomic mass is 10.2. The molecule has 0 atom stereocenters. The molecule has 0 heterocycles. The van der Waals surface area contributed by atoms with Crippen molar-refractivity contribution in [2.75, 3.05) is 19.5 Å². The van der Waals surface area contributed by atoms with Gasteiger partial charge in [0.15, 0.2) is 0 Å². The number of amides is 1. The summed E-state index contributed by atoms with van der Waals surface area (Å²) in [6, 6.07) is 7.58. The molecule has 1 aromatic carbocycles. The molecule has 1 amide bonds. The highest BCUT2D eigenvalue weighted by Crippen LogP contribution is 2.10. The van der Waals surface area contributed by atoms with E-state index in [0.717, 1.165) is 17.8 Å². The van der Waals surface area contributed by atoms with Crippen LogP contribution in [0.3, 0.4) is 0 Å². The minimum atomic E-state index is -0.452. The largest absolute Gasteiger partial charge is 0.453 e. The molecule has 1 rings (SSSR count). The van der Waals surface area contributed by atoms with Crippen LogP contribution in [0.25, 0.3) is 0 Å². The molecule has 0 aliphatic carbocycles. The van der Waals surface area contributed by atoms with E-state index in [-0.39, 0.29) is 0 Å². The molecular formula is C10H14N2O2.